The Bertz CT molecular complexity index is 613. The van der Waals surface area contributed by atoms with Crippen molar-refractivity contribution in [3.8, 4) is 0 Å². The highest BCUT2D eigenvalue weighted by atomic mass is 32.2. The summed E-state index contributed by atoms with van der Waals surface area (Å²) >= 11 is 0. The molecule has 4 heteroatoms. The van der Waals surface area contributed by atoms with E-state index in [1.807, 2.05) is 45.0 Å². The van der Waals surface area contributed by atoms with Crippen molar-refractivity contribution in [2.75, 3.05) is 5.75 Å². The van der Waals surface area contributed by atoms with E-state index in [1.54, 1.807) is 6.92 Å². The van der Waals surface area contributed by atoms with Gasteiger partial charge in [-0.05, 0) is 37.6 Å². The molecule has 2 rings (SSSR count). The molecule has 0 heterocycles. The third kappa shape index (κ3) is 3.01. The number of hydrogen-bond donors (Lipinski definition) is 1. The van der Waals surface area contributed by atoms with Gasteiger partial charge in [-0.25, -0.2) is 0 Å². The first-order valence-corrected chi connectivity index (χ1v) is 8.37. The molecule has 0 saturated carbocycles. The van der Waals surface area contributed by atoms with E-state index in [4.69, 9.17) is 0 Å². The van der Waals surface area contributed by atoms with Gasteiger partial charge in [0.1, 0.15) is 5.60 Å². The molecule has 0 saturated heterocycles. The Kier molecular flexibility index (Phi) is 4.22. The lowest BCUT2D eigenvalue weighted by Crippen LogP contribution is -2.53. The first-order chi connectivity index (χ1) is 9.65. The first kappa shape index (κ1) is 16.1. The third-order valence-electron chi connectivity index (χ3n) is 4.39. The molecule has 0 amide bonds. The van der Waals surface area contributed by atoms with E-state index in [0.29, 0.717) is 10.5 Å². The van der Waals surface area contributed by atoms with Crippen LogP contribution in [0.4, 0.5) is 0 Å². The van der Waals surface area contributed by atoms with Crippen LogP contribution in [0, 0.1) is 12.3 Å². The van der Waals surface area contributed by atoms with Gasteiger partial charge < -0.3 is 5.11 Å². The zero-order chi connectivity index (χ0) is 15.8. The molecule has 0 radical (unpaired) electrons. The van der Waals surface area contributed by atoms with Gasteiger partial charge in [0.25, 0.3) is 0 Å². The van der Waals surface area contributed by atoms with Crippen molar-refractivity contribution >= 4 is 16.6 Å². The fraction of sp³-hybridized carbons (Fsp3) is 0.471. The monoisotopic (exact) mass is 306 g/mol. The molecule has 114 valence electrons. The summed E-state index contributed by atoms with van der Waals surface area (Å²) in [6.07, 6.45) is 1.75. The second kappa shape index (κ2) is 5.50. The highest BCUT2D eigenvalue weighted by Crippen LogP contribution is 2.44. The van der Waals surface area contributed by atoms with Crippen molar-refractivity contribution in [2.45, 2.75) is 44.6 Å². The maximum Gasteiger partial charge on any atom is 0.156 e. The van der Waals surface area contributed by atoms with Crippen molar-refractivity contribution in [3.63, 3.8) is 0 Å². The molecule has 1 aliphatic carbocycles. The maximum absolute atomic E-state index is 12.6. The Balaban J connectivity index is 2.32. The molecule has 0 bridgehead atoms. The normalized spacial score (nSPS) is 26.3. The Morgan fingerprint density at radius 2 is 1.76 bits per heavy atom. The predicted molar refractivity (Wildman–Crippen MR) is 84.6 cm³/mol. The Labute approximate surface area is 128 Å². The van der Waals surface area contributed by atoms with Gasteiger partial charge >= 0.3 is 0 Å². The van der Waals surface area contributed by atoms with Gasteiger partial charge in [-0.1, -0.05) is 31.5 Å². The number of carbonyl (C=O) groups is 1. The van der Waals surface area contributed by atoms with Crippen LogP contribution in [0.15, 0.2) is 40.8 Å². The van der Waals surface area contributed by atoms with Gasteiger partial charge in [-0.2, -0.15) is 0 Å². The number of hydrogen-bond acceptors (Lipinski definition) is 3. The Hall–Kier alpha value is -1.26. The molecule has 1 aromatic rings. The summed E-state index contributed by atoms with van der Waals surface area (Å²) in [5.74, 6) is 0.127. The van der Waals surface area contributed by atoms with Crippen molar-refractivity contribution in [1.29, 1.82) is 0 Å². The predicted octanol–water partition coefficient (Wildman–Crippen LogP) is 2.78. The van der Waals surface area contributed by atoms with Crippen molar-refractivity contribution in [2.24, 2.45) is 5.41 Å². The average molecular weight is 306 g/mol. The molecular weight excluding hydrogens is 284 g/mol. The minimum atomic E-state index is -1.31. The Morgan fingerprint density at radius 1 is 1.19 bits per heavy atom. The second-order valence-electron chi connectivity index (χ2n) is 6.52. The lowest BCUT2D eigenvalue weighted by Gasteiger charge is -2.45. The van der Waals surface area contributed by atoms with E-state index in [9.17, 15) is 14.1 Å². The Morgan fingerprint density at radius 3 is 2.29 bits per heavy atom. The maximum atomic E-state index is 12.6. The van der Waals surface area contributed by atoms with Gasteiger partial charge in [0, 0.05) is 16.7 Å². The van der Waals surface area contributed by atoms with E-state index in [-0.39, 0.29) is 18.0 Å². The van der Waals surface area contributed by atoms with Crippen molar-refractivity contribution in [1.82, 2.24) is 0 Å². The van der Waals surface area contributed by atoms with Crippen LogP contribution in [0.1, 0.15) is 32.8 Å². The number of aliphatic hydroxyl groups is 1. The van der Waals surface area contributed by atoms with E-state index in [1.165, 1.54) is 6.08 Å². The second-order valence-corrected chi connectivity index (χ2v) is 7.97. The third-order valence-corrected chi connectivity index (χ3v) is 5.87. The van der Waals surface area contributed by atoms with E-state index >= 15 is 0 Å². The molecule has 1 aliphatic rings. The van der Waals surface area contributed by atoms with Crippen LogP contribution in [-0.2, 0) is 15.6 Å². The minimum Gasteiger partial charge on any atom is -0.384 e. The fourth-order valence-corrected chi connectivity index (χ4v) is 4.40. The van der Waals surface area contributed by atoms with Crippen LogP contribution in [0.5, 0.6) is 0 Å². The average Bonchev–Trinajstić information content (AvgIpc) is 2.36. The number of rotatable bonds is 3. The zero-order valence-corrected chi connectivity index (χ0v) is 13.8. The molecule has 2 atom stereocenters. The molecule has 0 spiro atoms. The quantitative estimate of drug-likeness (QED) is 0.934. The number of carbonyl (C=O) groups excluding carboxylic acids is 1. The van der Waals surface area contributed by atoms with Gasteiger partial charge in [-0.15, -0.1) is 0 Å². The lowest BCUT2D eigenvalue weighted by atomic mass is 9.66. The summed E-state index contributed by atoms with van der Waals surface area (Å²) < 4.78 is 12.6. The van der Waals surface area contributed by atoms with Crippen LogP contribution in [0.2, 0.25) is 0 Å². The molecule has 0 fully saturated rings. The molecule has 21 heavy (non-hydrogen) atoms. The van der Waals surface area contributed by atoms with Gasteiger partial charge in [0.05, 0.1) is 16.6 Å². The number of ketones is 1. The zero-order valence-electron chi connectivity index (χ0n) is 13.0. The van der Waals surface area contributed by atoms with Gasteiger partial charge in [0.2, 0.25) is 0 Å². The summed E-state index contributed by atoms with van der Waals surface area (Å²) in [5.41, 5.74) is -0.140. The van der Waals surface area contributed by atoms with Crippen molar-refractivity contribution < 1.29 is 14.1 Å². The van der Waals surface area contributed by atoms with E-state index in [2.05, 4.69) is 0 Å². The summed E-state index contributed by atoms with van der Waals surface area (Å²) in [7, 11) is -1.31. The van der Waals surface area contributed by atoms with Crippen molar-refractivity contribution in [3.05, 3.63) is 41.5 Å². The van der Waals surface area contributed by atoms with Crippen LogP contribution >= 0.6 is 0 Å². The van der Waals surface area contributed by atoms with Crippen LogP contribution in [-0.4, -0.2) is 26.5 Å². The summed E-state index contributed by atoms with van der Waals surface area (Å²) in [5, 5.41) is 11.1. The fourth-order valence-electron chi connectivity index (χ4n) is 2.80. The molecular formula is C17H22O3S. The molecule has 0 aliphatic heterocycles. The SMILES string of the molecule is CC1=CC(=O)CC(C)(C)C1(O)CS(=O)c1ccc(C)cc1. The molecule has 0 aromatic heterocycles. The standard InChI is InChI=1S/C17H22O3S/c1-12-5-7-15(8-6-12)21(20)11-17(19)13(2)9-14(18)10-16(17,3)4/h5-9,19H,10-11H2,1-4H3. The van der Waals surface area contributed by atoms with E-state index in [0.717, 1.165) is 5.56 Å². The van der Waals surface area contributed by atoms with Gasteiger partial charge in [0.15, 0.2) is 5.78 Å². The molecule has 1 aromatic carbocycles. The summed E-state index contributed by atoms with van der Waals surface area (Å²) in [4.78, 5) is 12.4. The number of benzene rings is 1. The summed E-state index contributed by atoms with van der Waals surface area (Å²) in [6, 6.07) is 7.48. The lowest BCUT2D eigenvalue weighted by molar-refractivity contribution is -0.122. The minimum absolute atomic E-state index is 0.0169. The summed E-state index contributed by atoms with van der Waals surface area (Å²) in [6.45, 7) is 7.43. The number of aryl methyl sites for hydroxylation is 1. The smallest absolute Gasteiger partial charge is 0.156 e. The molecule has 3 nitrogen and oxygen atoms in total. The first-order valence-electron chi connectivity index (χ1n) is 7.05. The highest BCUT2D eigenvalue weighted by Gasteiger charge is 2.49. The van der Waals surface area contributed by atoms with Gasteiger partial charge in [-0.3, -0.25) is 9.00 Å². The largest absolute Gasteiger partial charge is 0.384 e. The topological polar surface area (TPSA) is 54.4 Å². The molecule has 2 unspecified atom stereocenters. The molecule has 1 N–H and O–H groups in total. The van der Waals surface area contributed by atoms with Crippen LogP contribution in [0.25, 0.3) is 0 Å². The highest BCUT2D eigenvalue weighted by molar-refractivity contribution is 7.85. The number of allylic oxidation sites excluding steroid dienone is 1. The van der Waals surface area contributed by atoms with E-state index < -0.39 is 21.8 Å². The van der Waals surface area contributed by atoms with Crippen LogP contribution in [0.3, 0.4) is 0 Å². The van der Waals surface area contributed by atoms with Crippen LogP contribution < -0.4 is 0 Å².